The number of carbonyl (C=O) groups is 2. The van der Waals surface area contributed by atoms with Gasteiger partial charge in [-0.15, -0.1) is 0 Å². The van der Waals surface area contributed by atoms with Crippen LogP contribution in [0.2, 0.25) is 0 Å². The number of nitrogens with one attached hydrogen (secondary N) is 2. The first-order chi connectivity index (χ1) is 8.27. The van der Waals surface area contributed by atoms with Crippen molar-refractivity contribution in [3.8, 4) is 0 Å². The Hall–Kier alpha value is -1.10. The van der Waals surface area contributed by atoms with Crippen molar-refractivity contribution in [1.82, 2.24) is 10.6 Å². The number of rotatable bonds is 4. The highest BCUT2D eigenvalue weighted by atomic mass is 16.2. The highest BCUT2D eigenvalue weighted by molar-refractivity contribution is 5.92. The SMILES string of the molecule is CC1CCCC(C(=O)NC(C)(C(N)=O)C(C)C)N1. The number of hydrogen-bond acceptors (Lipinski definition) is 3. The lowest BCUT2D eigenvalue weighted by Crippen LogP contribution is -2.62. The summed E-state index contributed by atoms with van der Waals surface area (Å²) in [5, 5.41) is 6.06. The molecule has 1 fully saturated rings. The molecule has 104 valence electrons. The molecule has 1 rings (SSSR count). The largest absolute Gasteiger partial charge is 0.368 e. The molecule has 0 radical (unpaired) electrons. The lowest BCUT2D eigenvalue weighted by molar-refractivity contribution is -0.134. The molecule has 1 aliphatic heterocycles. The molecular formula is C13H25N3O2. The van der Waals surface area contributed by atoms with Crippen molar-refractivity contribution in [3.63, 3.8) is 0 Å². The Labute approximate surface area is 109 Å². The van der Waals surface area contributed by atoms with Crippen LogP contribution in [-0.2, 0) is 9.59 Å². The van der Waals surface area contributed by atoms with Crippen molar-refractivity contribution < 1.29 is 9.59 Å². The topological polar surface area (TPSA) is 84.2 Å². The van der Waals surface area contributed by atoms with Crippen LogP contribution in [0.4, 0.5) is 0 Å². The molecule has 3 unspecified atom stereocenters. The molecule has 1 saturated heterocycles. The first-order valence-corrected chi connectivity index (χ1v) is 6.65. The van der Waals surface area contributed by atoms with Crippen LogP contribution in [-0.4, -0.2) is 29.4 Å². The fourth-order valence-electron chi connectivity index (χ4n) is 2.18. The Bertz CT molecular complexity index is 330. The fraction of sp³-hybridized carbons (Fsp3) is 0.846. The maximum atomic E-state index is 12.2. The zero-order chi connectivity index (χ0) is 13.9. The number of carbonyl (C=O) groups excluding carboxylic acids is 2. The molecule has 5 nitrogen and oxygen atoms in total. The number of hydrogen-bond donors (Lipinski definition) is 3. The molecule has 1 aliphatic rings. The Morgan fingerprint density at radius 1 is 1.39 bits per heavy atom. The van der Waals surface area contributed by atoms with Gasteiger partial charge in [-0.1, -0.05) is 13.8 Å². The Morgan fingerprint density at radius 3 is 2.44 bits per heavy atom. The standard InChI is InChI=1S/C13H25N3O2/c1-8(2)13(4,12(14)18)16-11(17)10-7-5-6-9(3)15-10/h8-10,15H,5-7H2,1-4H3,(H2,14,18)(H,16,17). The minimum absolute atomic E-state index is 0.0417. The molecule has 0 saturated carbocycles. The maximum absolute atomic E-state index is 12.2. The molecule has 0 aromatic rings. The van der Waals surface area contributed by atoms with E-state index in [-0.39, 0.29) is 17.9 Å². The zero-order valence-corrected chi connectivity index (χ0v) is 11.7. The number of piperidine rings is 1. The summed E-state index contributed by atoms with van der Waals surface area (Å²) < 4.78 is 0. The van der Waals surface area contributed by atoms with E-state index in [1.165, 1.54) is 0 Å². The second-order valence-corrected chi connectivity index (χ2v) is 5.76. The van der Waals surface area contributed by atoms with Crippen LogP contribution in [0.15, 0.2) is 0 Å². The van der Waals surface area contributed by atoms with Gasteiger partial charge >= 0.3 is 0 Å². The lowest BCUT2D eigenvalue weighted by atomic mass is 9.87. The van der Waals surface area contributed by atoms with Crippen LogP contribution in [0, 0.1) is 5.92 Å². The van der Waals surface area contributed by atoms with Crippen molar-refractivity contribution >= 4 is 11.8 Å². The van der Waals surface area contributed by atoms with E-state index in [1.54, 1.807) is 6.92 Å². The van der Waals surface area contributed by atoms with E-state index in [2.05, 4.69) is 17.6 Å². The molecule has 0 spiro atoms. The monoisotopic (exact) mass is 255 g/mol. The van der Waals surface area contributed by atoms with Gasteiger partial charge in [-0.25, -0.2) is 0 Å². The van der Waals surface area contributed by atoms with Crippen molar-refractivity contribution in [2.75, 3.05) is 0 Å². The second-order valence-electron chi connectivity index (χ2n) is 5.76. The summed E-state index contributed by atoms with van der Waals surface area (Å²) in [5.74, 6) is -0.661. The molecule has 0 aromatic heterocycles. The number of primary amides is 1. The van der Waals surface area contributed by atoms with Crippen molar-refractivity contribution in [3.05, 3.63) is 0 Å². The third-order valence-corrected chi connectivity index (χ3v) is 3.98. The summed E-state index contributed by atoms with van der Waals surface area (Å²) >= 11 is 0. The highest BCUT2D eigenvalue weighted by Crippen LogP contribution is 2.18. The average molecular weight is 255 g/mol. The van der Waals surface area contributed by atoms with Crippen LogP contribution in [0.25, 0.3) is 0 Å². The molecule has 0 aromatic carbocycles. The van der Waals surface area contributed by atoms with Gasteiger partial charge in [-0.05, 0) is 39.0 Å². The van der Waals surface area contributed by atoms with Gasteiger partial charge in [0.1, 0.15) is 5.54 Å². The van der Waals surface area contributed by atoms with Crippen LogP contribution in [0.1, 0.15) is 47.0 Å². The first-order valence-electron chi connectivity index (χ1n) is 6.65. The van der Waals surface area contributed by atoms with Gasteiger partial charge in [0.15, 0.2) is 0 Å². The number of nitrogens with two attached hydrogens (primary N) is 1. The molecule has 18 heavy (non-hydrogen) atoms. The van der Waals surface area contributed by atoms with E-state index < -0.39 is 11.4 Å². The fourth-order valence-corrected chi connectivity index (χ4v) is 2.18. The second kappa shape index (κ2) is 5.69. The van der Waals surface area contributed by atoms with Crippen molar-refractivity contribution in [2.45, 2.75) is 64.6 Å². The van der Waals surface area contributed by atoms with Gasteiger partial charge in [0.2, 0.25) is 11.8 Å². The molecule has 3 atom stereocenters. The van der Waals surface area contributed by atoms with Gasteiger partial charge in [0.25, 0.3) is 0 Å². The Kier molecular flexibility index (Phi) is 4.73. The normalized spacial score (nSPS) is 27.6. The predicted octanol–water partition coefficient (Wildman–Crippen LogP) is 0.533. The first kappa shape index (κ1) is 15.0. The zero-order valence-electron chi connectivity index (χ0n) is 11.7. The molecule has 0 aliphatic carbocycles. The molecule has 4 N–H and O–H groups in total. The van der Waals surface area contributed by atoms with Gasteiger partial charge in [0.05, 0.1) is 6.04 Å². The molecular weight excluding hydrogens is 230 g/mol. The average Bonchev–Trinajstić information content (AvgIpc) is 2.28. The van der Waals surface area contributed by atoms with E-state index in [0.29, 0.717) is 6.04 Å². The maximum Gasteiger partial charge on any atom is 0.243 e. The third kappa shape index (κ3) is 3.22. The minimum atomic E-state index is -0.987. The number of amides is 2. The Morgan fingerprint density at radius 2 is 2.00 bits per heavy atom. The van der Waals surface area contributed by atoms with Gasteiger partial charge in [-0.2, -0.15) is 0 Å². The predicted molar refractivity (Wildman–Crippen MR) is 70.8 cm³/mol. The molecule has 5 heteroatoms. The summed E-state index contributed by atoms with van der Waals surface area (Å²) in [6.07, 6.45) is 2.92. The van der Waals surface area contributed by atoms with Crippen molar-refractivity contribution in [1.29, 1.82) is 0 Å². The van der Waals surface area contributed by atoms with E-state index in [4.69, 9.17) is 5.73 Å². The van der Waals surface area contributed by atoms with Crippen molar-refractivity contribution in [2.24, 2.45) is 11.7 Å². The van der Waals surface area contributed by atoms with E-state index in [0.717, 1.165) is 19.3 Å². The van der Waals surface area contributed by atoms with E-state index in [9.17, 15) is 9.59 Å². The summed E-state index contributed by atoms with van der Waals surface area (Å²) in [5.41, 5.74) is 4.42. The van der Waals surface area contributed by atoms with E-state index in [1.807, 2.05) is 13.8 Å². The van der Waals surface area contributed by atoms with E-state index >= 15 is 0 Å². The van der Waals surface area contributed by atoms with Crippen LogP contribution < -0.4 is 16.4 Å². The van der Waals surface area contributed by atoms with Gasteiger partial charge in [-0.3, -0.25) is 9.59 Å². The van der Waals surface area contributed by atoms with Crippen LogP contribution in [0.5, 0.6) is 0 Å². The lowest BCUT2D eigenvalue weighted by Gasteiger charge is -2.35. The molecule has 2 amide bonds. The quantitative estimate of drug-likeness (QED) is 0.685. The summed E-state index contributed by atoms with van der Waals surface area (Å²) in [6, 6.07) is 0.125. The Balaban J connectivity index is 2.70. The summed E-state index contributed by atoms with van der Waals surface area (Å²) in [4.78, 5) is 23.7. The third-order valence-electron chi connectivity index (χ3n) is 3.98. The highest BCUT2D eigenvalue weighted by Gasteiger charge is 2.38. The summed E-state index contributed by atoms with van der Waals surface area (Å²) in [7, 11) is 0. The minimum Gasteiger partial charge on any atom is -0.368 e. The van der Waals surface area contributed by atoms with Crippen LogP contribution in [0.3, 0.4) is 0 Å². The molecule has 0 bridgehead atoms. The van der Waals surface area contributed by atoms with Crippen LogP contribution >= 0.6 is 0 Å². The van der Waals surface area contributed by atoms with Gasteiger partial charge in [0, 0.05) is 6.04 Å². The smallest absolute Gasteiger partial charge is 0.243 e. The van der Waals surface area contributed by atoms with Gasteiger partial charge < -0.3 is 16.4 Å². The summed E-state index contributed by atoms with van der Waals surface area (Å²) in [6.45, 7) is 7.50. The molecule has 1 heterocycles.